The van der Waals surface area contributed by atoms with Crippen LogP contribution in [0.15, 0.2) is 42.0 Å². The Morgan fingerprint density at radius 3 is 2.77 bits per heavy atom. The number of aromatic nitrogens is 2. The first kappa shape index (κ1) is 25.2. The molecule has 1 aliphatic heterocycles. The van der Waals surface area contributed by atoms with Crippen LogP contribution in [0, 0.1) is 5.92 Å². The maximum atomic E-state index is 12.0. The smallest absolute Gasteiger partial charge is 0.219 e. The highest BCUT2D eigenvalue weighted by molar-refractivity contribution is 5.75. The number of fused-ring (bicyclic) bond motifs is 1. The molecule has 2 N–H and O–H groups in total. The van der Waals surface area contributed by atoms with Gasteiger partial charge in [-0.05, 0) is 66.9 Å². The molecule has 6 heteroatoms. The molecule has 0 radical (unpaired) electrons. The van der Waals surface area contributed by atoms with Crippen molar-refractivity contribution >= 4 is 23.0 Å². The van der Waals surface area contributed by atoms with Gasteiger partial charge >= 0.3 is 0 Å². The van der Waals surface area contributed by atoms with Crippen molar-refractivity contribution in [3.63, 3.8) is 0 Å². The van der Waals surface area contributed by atoms with Gasteiger partial charge in [-0.25, -0.2) is 0 Å². The maximum Gasteiger partial charge on any atom is 0.219 e. The van der Waals surface area contributed by atoms with Crippen molar-refractivity contribution in [2.75, 3.05) is 11.9 Å². The summed E-state index contributed by atoms with van der Waals surface area (Å²) in [5.74, 6) is 1.73. The minimum atomic E-state index is -0.396. The van der Waals surface area contributed by atoms with Crippen molar-refractivity contribution in [3.8, 4) is 0 Å². The Balaban J connectivity index is 0.00000141. The number of aliphatic hydroxyl groups excluding tert-OH is 1. The van der Waals surface area contributed by atoms with E-state index in [4.69, 9.17) is 5.10 Å². The van der Waals surface area contributed by atoms with Gasteiger partial charge in [0.15, 0.2) is 5.82 Å². The predicted molar refractivity (Wildman–Crippen MR) is 142 cm³/mol. The first-order chi connectivity index (χ1) is 17.0. The molecule has 1 aromatic carbocycles. The zero-order valence-corrected chi connectivity index (χ0v) is 21.7. The van der Waals surface area contributed by atoms with Gasteiger partial charge in [0, 0.05) is 43.4 Å². The van der Waals surface area contributed by atoms with Crippen LogP contribution in [-0.4, -0.2) is 38.3 Å². The number of hydrogen-bond donors (Lipinski definition) is 2. The molecule has 3 aliphatic rings. The van der Waals surface area contributed by atoms with E-state index in [1.165, 1.54) is 29.7 Å². The summed E-state index contributed by atoms with van der Waals surface area (Å²) in [5, 5.41) is 18.8. The molecular weight excluding hydrogens is 436 g/mol. The van der Waals surface area contributed by atoms with E-state index in [9.17, 15) is 9.90 Å². The quantitative estimate of drug-likeness (QED) is 0.526. The van der Waals surface area contributed by atoms with E-state index < -0.39 is 6.10 Å². The molecular formula is C29H40N4O2. The number of carbonyl (C=O) groups is 1. The lowest BCUT2D eigenvalue weighted by Crippen LogP contribution is -2.34. The van der Waals surface area contributed by atoms with Crippen molar-refractivity contribution in [2.24, 2.45) is 5.92 Å². The molecule has 1 atom stereocenters. The average molecular weight is 477 g/mol. The normalized spacial score (nSPS) is 18.0. The van der Waals surface area contributed by atoms with Crippen LogP contribution in [0.4, 0.5) is 11.5 Å². The third kappa shape index (κ3) is 5.87. The Morgan fingerprint density at radius 1 is 1.26 bits per heavy atom. The van der Waals surface area contributed by atoms with Crippen LogP contribution in [0.2, 0.25) is 0 Å². The summed E-state index contributed by atoms with van der Waals surface area (Å²) in [5.41, 5.74) is 6.87. The molecule has 0 saturated heterocycles. The van der Waals surface area contributed by atoms with E-state index in [2.05, 4.69) is 46.4 Å². The number of carbonyl (C=O) groups excluding carboxylic acids is 1. The summed E-state index contributed by atoms with van der Waals surface area (Å²) in [7, 11) is 0. The van der Waals surface area contributed by atoms with E-state index in [1.54, 1.807) is 6.92 Å². The van der Waals surface area contributed by atoms with Crippen LogP contribution < -0.4 is 5.32 Å². The summed E-state index contributed by atoms with van der Waals surface area (Å²) in [6, 6.07) is 8.45. The third-order valence-corrected chi connectivity index (χ3v) is 7.11. The minimum Gasteiger partial charge on any atom is -0.388 e. The molecule has 2 aromatic rings. The number of rotatable bonds is 7. The van der Waals surface area contributed by atoms with Gasteiger partial charge < -0.3 is 15.3 Å². The average Bonchev–Trinajstić information content (AvgIpc) is 3.66. The van der Waals surface area contributed by atoms with Crippen LogP contribution in [-0.2, 0) is 24.3 Å². The Bertz CT molecular complexity index is 1110. The molecule has 6 nitrogen and oxygen atoms in total. The summed E-state index contributed by atoms with van der Waals surface area (Å²) < 4.78 is 2.18. The Labute approximate surface area is 209 Å². The second-order valence-electron chi connectivity index (χ2n) is 9.63. The number of anilines is 2. The monoisotopic (exact) mass is 476 g/mol. The summed E-state index contributed by atoms with van der Waals surface area (Å²) >= 11 is 0. The van der Waals surface area contributed by atoms with Gasteiger partial charge in [-0.3, -0.25) is 9.48 Å². The first-order valence-electron chi connectivity index (χ1n) is 13.3. The summed E-state index contributed by atoms with van der Waals surface area (Å²) in [4.78, 5) is 13.9. The molecule has 1 saturated carbocycles. The van der Waals surface area contributed by atoms with Crippen LogP contribution in [0.1, 0.15) is 76.6 Å². The Morgan fingerprint density at radius 2 is 2.06 bits per heavy atom. The first-order valence-corrected chi connectivity index (χ1v) is 13.3. The summed E-state index contributed by atoms with van der Waals surface area (Å²) in [6.07, 6.45) is 9.99. The molecule has 188 valence electrons. The predicted octanol–water partition coefficient (Wildman–Crippen LogP) is 5.84. The van der Waals surface area contributed by atoms with Crippen molar-refractivity contribution < 1.29 is 9.90 Å². The van der Waals surface area contributed by atoms with Crippen molar-refractivity contribution in [3.05, 3.63) is 58.8 Å². The van der Waals surface area contributed by atoms with Crippen LogP contribution >= 0.6 is 0 Å². The van der Waals surface area contributed by atoms with Gasteiger partial charge in [-0.15, -0.1) is 0 Å². The Kier molecular flexibility index (Phi) is 8.11. The highest BCUT2D eigenvalue weighted by Crippen LogP contribution is 2.35. The topological polar surface area (TPSA) is 70.4 Å². The number of benzene rings is 1. The van der Waals surface area contributed by atoms with E-state index >= 15 is 0 Å². The van der Waals surface area contributed by atoms with Crippen LogP contribution in [0.5, 0.6) is 0 Å². The fourth-order valence-corrected chi connectivity index (χ4v) is 4.91. The number of hydrogen-bond acceptors (Lipinski definition) is 4. The second kappa shape index (κ2) is 11.3. The molecule has 0 bridgehead atoms. The van der Waals surface area contributed by atoms with Crippen molar-refractivity contribution in [2.45, 2.75) is 85.4 Å². The number of allylic oxidation sites excluding steroid dienone is 2. The fraction of sp³-hybridized carbons (Fsp3) is 0.517. The lowest BCUT2D eigenvalue weighted by atomic mass is 9.91. The molecule has 5 rings (SSSR count). The highest BCUT2D eigenvalue weighted by Gasteiger charge is 2.29. The van der Waals surface area contributed by atoms with Crippen molar-refractivity contribution in [1.82, 2.24) is 14.7 Å². The van der Waals surface area contributed by atoms with Gasteiger partial charge in [0.2, 0.25) is 5.91 Å². The van der Waals surface area contributed by atoms with Crippen LogP contribution in [0.25, 0.3) is 5.57 Å². The van der Waals surface area contributed by atoms with Gasteiger partial charge in [-0.1, -0.05) is 45.1 Å². The molecule has 1 fully saturated rings. The standard InChI is InChI=1S/C27H34N4O2.C2H6/c1-3-26(33)22-8-4-6-20(14-22)21-7-5-9-23(15-21)28-27-24-17-30(18(2)32)13-12-25(24)31(29-27)16-19-10-11-19;1-2/h5,7-9,14-15,19,26,33H,3-4,6,10-13,16-17H2,1-2H3,(H,28,29);1-2H3. The third-order valence-electron chi connectivity index (χ3n) is 7.11. The minimum absolute atomic E-state index is 0.117. The van der Waals surface area contributed by atoms with E-state index in [-0.39, 0.29) is 5.91 Å². The van der Waals surface area contributed by atoms with Crippen molar-refractivity contribution in [1.29, 1.82) is 0 Å². The number of amides is 1. The van der Waals surface area contributed by atoms with E-state index in [0.29, 0.717) is 6.54 Å². The molecule has 1 amide bonds. The molecule has 1 unspecified atom stereocenters. The van der Waals surface area contributed by atoms with Gasteiger partial charge in [0.1, 0.15) is 0 Å². The molecule has 35 heavy (non-hydrogen) atoms. The lowest BCUT2D eigenvalue weighted by molar-refractivity contribution is -0.129. The SMILES string of the molecule is CC.CCC(O)C1=CCCC(c2cccc(Nc3nn(CC4CC4)c4c3CN(C(C)=O)CC4)c2)=C1. The molecule has 2 aliphatic carbocycles. The zero-order valence-electron chi connectivity index (χ0n) is 21.7. The van der Waals surface area contributed by atoms with Crippen LogP contribution in [0.3, 0.4) is 0 Å². The van der Waals surface area contributed by atoms with E-state index in [0.717, 1.165) is 67.3 Å². The highest BCUT2D eigenvalue weighted by atomic mass is 16.3. The molecule has 0 spiro atoms. The van der Waals surface area contributed by atoms with Gasteiger partial charge in [0.25, 0.3) is 0 Å². The summed E-state index contributed by atoms with van der Waals surface area (Å²) in [6.45, 7) is 10.0. The fourth-order valence-electron chi connectivity index (χ4n) is 4.91. The number of aliphatic hydroxyl groups is 1. The second-order valence-corrected chi connectivity index (χ2v) is 9.63. The largest absolute Gasteiger partial charge is 0.388 e. The van der Waals surface area contributed by atoms with E-state index in [1.807, 2.05) is 25.7 Å². The molecule has 2 heterocycles. The number of nitrogens with one attached hydrogen (secondary N) is 1. The maximum absolute atomic E-state index is 12.0. The van der Waals surface area contributed by atoms with Gasteiger partial charge in [-0.2, -0.15) is 5.10 Å². The number of nitrogens with zero attached hydrogens (tertiary/aromatic N) is 3. The lowest BCUT2D eigenvalue weighted by Gasteiger charge is -2.26. The Hall–Kier alpha value is -2.86. The molecule has 1 aromatic heterocycles. The zero-order chi connectivity index (χ0) is 24.9. The van der Waals surface area contributed by atoms with Gasteiger partial charge in [0.05, 0.1) is 12.6 Å².